The summed E-state index contributed by atoms with van der Waals surface area (Å²) in [7, 11) is -3.20. The van der Waals surface area contributed by atoms with Gasteiger partial charge in [0, 0.05) is 24.0 Å². The van der Waals surface area contributed by atoms with Crippen LogP contribution in [-0.4, -0.2) is 50.4 Å². The summed E-state index contributed by atoms with van der Waals surface area (Å²) in [5.74, 6) is 0.0651. The molecule has 0 spiro atoms. The van der Waals surface area contributed by atoms with Gasteiger partial charge < -0.3 is 4.90 Å². The minimum Gasteiger partial charge on any atom is -0.339 e. The van der Waals surface area contributed by atoms with E-state index in [1.165, 1.54) is 23.9 Å². The zero-order valence-electron chi connectivity index (χ0n) is 13.7. The molecule has 1 aromatic rings. The number of hydrogen-bond acceptors (Lipinski definition) is 4. The Morgan fingerprint density at radius 1 is 1.33 bits per heavy atom. The van der Waals surface area contributed by atoms with Crippen molar-refractivity contribution in [2.45, 2.75) is 36.6 Å². The zero-order chi connectivity index (χ0) is 17.6. The van der Waals surface area contributed by atoms with Crippen molar-refractivity contribution in [1.82, 2.24) is 9.62 Å². The van der Waals surface area contributed by atoms with E-state index in [9.17, 15) is 17.6 Å². The molecule has 1 aliphatic heterocycles. The van der Waals surface area contributed by atoms with Gasteiger partial charge in [-0.25, -0.2) is 17.5 Å². The zero-order valence-corrected chi connectivity index (χ0v) is 15.3. The molecular formula is C16H23FN2O3S2. The van der Waals surface area contributed by atoms with Crippen LogP contribution in [0.15, 0.2) is 29.2 Å². The molecule has 0 aliphatic carbocycles. The topological polar surface area (TPSA) is 66.5 Å². The molecule has 134 valence electrons. The highest BCUT2D eigenvalue weighted by Gasteiger charge is 2.26. The third-order valence-corrected chi connectivity index (χ3v) is 5.69. The van der Waals surface area contributed by atoms with Gasteiger partial charge in [-0.1, -0.05) is 0 Å². The molecule has 24 heavy (non-hydrogen) atoms. The van der Waals surface area contributed by atoms with E-state index in [-0.39, 0.29) is 17.8 Å². The van der Waals surface area contributed by atoms with Gasteiger partial charge in [0.15, 0.2) is 0 Å². The average Bonchev–Trinajstić information content (AvgIpc) is 2.53. The summed E-state index contributed by atoms with van der Waals surface area (Å²) in [5.41, 5.74) is 0. The maximum atomic E-state index is 12.9. The summed E-state index contributed by atoms with van der Waals surface area (Å²) in [4.78, 5) is 15.2. The summed E-state index contributed by atoms with van der Waals surface area (Å²) < 4.78 is 37.7. The van der Waals surface area contributed by atoms with Crippen molar-refractivity contribution in [2.24, 2.45) is 0 Å². The molecular weight excluding hydrogens is 351 g/mol. The maximum Gasteiger partial charge on any atom is 0.233 e. The molecule has 8 heteroatoms. The van der Waals surface area contributed by atoms with Crippen LogP contribution < -0.4 is 4.72 Å². The smallest absolute Gasteiger partial charge is 0.233 e. The molecule has 0 bridgehead atoms. The molecule has 1 heterocycles. The van der Waals surface area contributed by atoms with Crippen LogP contribution in [0, 0.1) is 5.82 Å². The number of benzene rings is 1. The lowest BCUT2D eigenvalue weighted by molar-refractivity contribution is -0.132. The fourth-order valence-electron chi connectivity index (χ4n) is 2.80. The van der Waals surface area contributed by atoms with Crippen molar-refractivity contribution in [3.8, 4) is 0 Å². The highest BCUT2D eigenvalue weighted by atomic mass is 32.2. The van der Waals surface area contributed by atoms with E-state index in [0.717, 1.165) is 30.4 Å². The molecule has 0 aromatic heterocycles. The van der Waals surface area contributed by atoms with Crippen molar-refractivity contribution in [3.63, 3.8) is 0 Å². The first-order chi connectivity index (χ1) is 11.3. The number of halogens is 1. The molecule has 1 N–H and O–H groups in total. The van der Waals surface area contributed by atoms with Crippen LogP contribution in [0.4, 0.5) is 4.39 Å². The van der Waals surface area contributed by atoms with Crippen LogP contribution in [0.5, 0.6) is 0 Å². The quantitative estimate of drug-likeness (QED) is 0.744. The minimum absolute atomic E-state index is 0.0494. The van der Waals surface area contributed by atoms with E-state index < -0.39 is 10.0 Å². The van der Waals surface area contributed by atoms with E-state index in [2.05, 4.69) is 4.72 Å². The predicted octanol–water partition coefficient (Wildman–Crippen LogP) is 2.24. The van der Waals surface area contributed by atoms with Crippen molar-refractivity contribution in [1.29, 1.82) is 0 Å². The molecule has 1 amide bonds. The van der Waals surface area contributed by atoms with Gasteiger partial charge in [0.25, 0.3) is 0 Å². The number of amides is 1. The molecule has 1 fully saturated rings. The molecule has 1 atom stereocenters. The number of carbonyl (C=O) groups is 1. The Morgan fingerprint density at radius 2 is 2.04 bits per heavy atom. The van der Waals surface area contributed by atoms with Crippen molar-refractivity contribution in [2.75, 3.05) is 25.1 Å². The number of nitrogens with one attached hydrogen (secondary N) is 1. The number of nitrogens with zero attached hydrogens (tertiary/aromatic N) is 1. The SMILES string of the molecule is CS(=O)(=O)NCCC1CCCCN1C(=O)CSc1ccc(F)cc1. The van der Waals surface area contributed by atoms with E-state index >= 15 is 0 Å². The lowest BCUT2D eigenvalue weighted by Gasteiger charge is -2.36. The van der Waals surface area contributed by atoms with Gasteiger partial charge in [0.1, 0.15) is 5.82 Å². The van der Waals surface area contributed by atoms with Crippen molar-refractivity contribution < 1.29 is 17.6 Å². The molecule has 1 aliphatic rings. The van der Waals surface area contributed by atoms with Gasteiger partial charge in [-0.05, 0) is 49.9 Å². The second kappa shape index (κ2) is 8.82. The summed E-state index contributed by atoms with van der Waals surface area (Å²) in [6, 6.07) is 6.17. The molecule has 0 saturated carbocycles. The number of piperidine rings is 1. The largest absolute Gasteiger partial charge is 0.339 e. The predicted molar refractivity (Wildman–Crippen MR) is 93.9 cm³/mol. The first-order valence-corrected chi connectivity index (χ1v) is 10.9. The fourth-order valence-corrected chi connectivity index (χ4v) is 4.07. The van der Waals surface area contributed by atoms with Crippen LogP contribution in [0.1, 0.15) is 25.7 Å². The Labute approximate surface area is 147 Å². The summed E-state index contributed by atoms with van der Waals surface area (Å²) in [6.45, 7) is 1.06. The first kappa shape index (κ1) is 19.2. The van der Waals surface area contributed by atoms with Crippen LogP contribution in [0.25, 0.3) is 0 Å². The Morgan fingerprint density at radius 3 is 2.71 bits per heavy atom. The fraction of sp³-hybridized carbons (Fsp3) is 0.562. The summed E-state index contributed by atoms with van der Waals surface area (Å²) >= 11 is 1.39. The Balaban J connectivity index is 1.86. The van der Waals surface area contributed by atoms with Gasteiger partial charge in [-0.3, -0.25) is 4.79 Å². The van der Waals surface area contributed by atoms with E-state index in [1.807, 2.05) is 4.90 Å². The second-order valence-corrected chi connectivity index (χ2v) is 8.82. The summed E-state index contributed by atoms with van der Waals surface area (Å²) in [5, 5.41) is 0. The van der Waals surface area contributed by atoms with Gasteiger partial charge in [-0.15, -0.1) is 11.8 Å². The molecule has 2 rings (SSSR count). The van der Waals surface area contributed by atoms with Crippen LogP contribution >= 0.6 is 11.8 Å². The third kappa shape index (κ3) is 6.41. The normalized spacial score (nSPS) is 18.6. The number of carbonyl (C=O) groups excluding carboxylic acids is 1. The number of sulfonamides is 1. The highest BCUT2D eigenvalue weighted by molar-refractivity contribution is 8.00. The Hall–Kier alpha value is -1.12. The van der Waals surface area contributed by atoms with Gasteiger partial charge in [0.05, 0.1) is 12.0 Å². The van der Waals surface area contributed by atoms with Crippen LogP contribution in [0.3, 0.4) is 0 Å². The molecule has 1 unspecified atom stereocenters. The van der Waals surface area contributed by atoms with Crippen LogP contribution in [0.2, 0.25) is 0 Å². The maximum absolute atomic E-state index is 12.9. The highest BCUT2D eigenvalue weighted by Crippen LogP contribution is 2.23. The van der Waals surface area contributed by atoms with Gasteiger partial charge in [0.2, 0.25) is 15.9 Å². The van der Waals surface area contributed by atoms with E-state index in [1.54, 1.807) is 12.1 Å². The molecule has 1 aromatic carbocycles. The van der Waals surface area contributed by atoms with Gasteiger partial charge in [-0.2, -0.15) is 0 Å². The molecule has 5 nitrogen and oxygen atoms in total. The van der Waals surface area contributed by atoms with Crippen molar-refractivity contribution >= 4 is 27.7 Å². The number of hydrogen-bond donors (Lipinski definition) is 1. The third-order valence-electron chi connectivity index (χ3n) is 3.97. The first-order valence-electron chi connectivity index (χ1n) is 7.97. The molecule has 1 saturated heterocycles. The Bertz CT molecular complexity index is 650. The van der Waals surface area contributed by atoms with Crippen molar-refractivity contribution in [3.05, 3.63) is 30.1 Å². The lowest BCUT2D eigenvalue weighted by atomic mass is 9.99. The standard InChI is InChI=1S/C16H23FN2O3S2/c1-24(21,22)18-10-9-14-4-2-3-11-19(14)16(20)12-23-15-7-5-13(17)6-8-15/h5-8,14,18H,2-4,9-12H2,1H3. The minimum atomic E-state index is -3.20. The lowest BCUT2D eigenvalue weighted by Crippen LogP contribution is -2.46. The second-order valence-electron chi connectivity index (χ2n) is 5.93. The van der Waals surface area contributed by atoms with E-state index in [4.69, 9.17) is 0 Å². The number of likely N-dealkylation sites (tertiary alicyclic amines) is 1. The van der Waals surface area contributed by atoms with Gasteiger partial charge >= 0.3 is 0 Å². The summed E-state index contributed by atoms with van der Waals surface area (Å²) in [6.07, 6.45) is 4.69. The number of thioether (sulfide) groups is 1. The van der Waals surface area contributed by atoms with E-state index in [0.29, 0.717) is 25.3 Å². The average molecular weight is 375 g/mol. The number of rotatable bonds is 7. The van der Waals surface area contributed by atoms with Crippen LogP contribution in [-0.2, 0) is 14.8 Å². The molecule has 0 radical (unpaired) electrons. The monoisotopic (exact) mass is 374 g/mol. The Kier molecular flexibility index (Phi) is 7.06.